The Morgan fingerprint density at radius 2 is 1.45 bits per heavy atom. The molecule has 0 aliphatic carbocycles. The van der Waals surface area contributed by atoms with Crippen molar-refractivity contribution in [1.82, 2.24) is 19.5 Å². The van der Waals surface area contributed by atoms with Crippen molar-refractivity contribution in [2.24, 2.45) is 5.73 Å². The van der Waals surface area contributed by atoms with Gasteiger partial charge in [-0.1, -0.05) is 114 Å². The third-order valence-electron chi connectivity index (χ3n) is 11.1. The predicted molar refractivity (Wildman–Crippen MR) is 222 cm³/mol. The van der Waals surface area contributed by atoms with Crippen molar-refractivity contribution >= 4 is 50.5 Å². The number of benzene rings is 2. The van der Waals surface area contributed by atoms with Crippen LogP contribution in [0.5, 0.6) is 0 Å². The number of thioether (sulfide) groups is 1. The van der Waals surface area contributed by atoms with Gasteiger partial charge in [0.05, 0.1) is 18.7 Å². The van der Waals surface area contributed by atoms with Crippen LogP contribution in [0.2, 0.25) is 36.3 Å². The summed E-state index contributed by atoms with van der Waals surface area (Å²) in [6.07, 6.45) is -0.0251. The summed E-state index contributed by atoms with van der Waals surface area (Å²) in [6.45, 7) is 23.5. The molecule has 0 saturated carbocycles. The Morgan fingerprint density at radius 1 is 0.906 bits per heavy atom. The zero-order chi connectivity index (χ0) is 38.8. The summed E-state index contributed by atoms with van der Waals surface area (Å²) in [6, 6.07) is 20.9. The van der Waals surface area contributed by atoms with E-state index >= 15 is 0 Å². The molecule has 288 valence electrons. The van der Waals surface area contributed by atoms with E-state index in [1.165, 1.54) is 22.9 Å². The van der Waals surface area contributed by atoms with E-state index < -0.39 is 29.0 Å². The van der Waals surface area contributed by atoms with Gasteiger partial charge in [0.1, 0.15) is 24.1 Å². The number of ether oxygens (including phenoxy) is 2. The number of aromatic nitrogens is 4. The number of rotatable bonds is 14. The molecule has 4 aromatic rings. The van der Waals surface area contributed by atoms with Gasteiger partial charge in [-0.15, -0.1) is 0 Å². The summed E-state index contributed by atoms with van der Waals surface area (Å²) < 4.78 is 29.2. The van der Waals surface area contributed by atoms with Crippen LogP contribution in [0.1, 0.15) is 70.6 Å². The molecule has 2 aromatic carbocycles. The fraction of sp³-hybridized carbons (Fsp3) is 0.538. The highest BCUT2D eigenvalue weighted by Crippen LogP contribution is 2.46. The smallest absolute Gasteiger partial charge is 0.192 e. The van der Waals surface area contributed by atoms with Gasteiger partial charge in [-0.2, -0.15) is 0 Å². The van der Waals surface area contributed by atoms with E-state index in [1.807, 2.05) is 16.7 Å². The van der Waals surface area contributed by atoms with Crippen LogP contribution in [0.4, 0.5) is 5.82 Å². The summed E-state index contributed by atoms with van der Waals surface area (Å²) in [7, 11) is -2.94. The lowest BCUT2D eigenvalue weighted by Gasteiger charge is -2.44. The lowest BCUT2D eigenvalue weighted by molar-refractivity contribution is -0.0562. The number of amidine groups is 1. The minimum absolute atomic E-state index is 0.0000729. The molecule has 1 aliphatic rings. The minimum atomic E-state index is -2.35. The Hall–Kier alpha value is -3.12. The van der Waals surface area contributed by atoms with Crippen molar-refractivity contribution in [1.29, 1.82) is 5.41 Å². The Balaban J connectivity index is 1.61. The molecule has 4 atom stereocenters. The molecule has 0 bridgehead atoms. The largest absolute Gasteiger partial charge is 0.408 e. The number of methoxy groups -OCH3 is 1. The van der Waals surface area contributed by atoms with Crippen LogP contribution in [0.15, 0.2) is 67.0 Å². The summed E-state index contributed by atoms with van der Waals surface area (Å²) in [5.41, 5.74) is 9.39. The van der Waals surface area contributed by atoms with Crippen molar-refractivity contribution in [2.75, 3.05) is 25.6 Å². The molecular weight excluding hydrogens is 719 g/mol. The number of nitrogens with two attached hydrogens (primary N) is 1. The number of hydrogen-bond donors (Lipinski definition) is 3. The van der Waals surface area contributed by atoms with Gasteiger partial charge in [-0.3, -0.25) is 9.98 Å². The first-order valence-electron chi connectivity index (χ1n) is 18.4. The zero-order valence-corrected chi connectivity index (χ0v) is 36.1. The molecule has 4 N–H and O–H groups in total. The summed E-state index contributed by atoms with van der Waals surface area (Å²) in [4.78, 5) is 14.9. The Morgan fingerprint density at radius 3 is 1.96 bits per heavy atom. The van der Waals surface area contributed by atoms with E-state index in [4.69, 9.17) is 44.4 Å². The van der Waals surface area contributed by atoms with Gasteiger partial charge in [0.15, 0.2) is 45.0 Å². The third-order valence-corrected chi connectivity index (χ3v) is 20.7. The number of anilines is 1. The lowest BCUT2D eigenvalue weighted by atomic mass is 9.91. The van der Waals surface area contributed by atoms with Crippen LogP contribution in [-0.4, -0.2) is 79.9 Å². The highest BCUT2D eigenvalue weighted by atomic mass is 32.2. The van der Waals surface area contributed by atoms with Crippen molar-refractivity contribution < 1.29 is 18.3 Å². The van der Waals surface area contributed by atoms with Gasteiger partial charge in [0.25, 0.3) is 0 Å². The van der Waals surface area contributed by atoms with Crippen molar-refractivity contribution in [3.05, 3.63) is 83.9 Å². The van der Waals surface area contributed by atoms with Crippen molar-refractivity contribution in [2.45, 2.75) is 114 Å². The predicted octanol–water partition coefficient (Wildman–Crippen LogP) is 8.52. The Labute approximate surface area is 321 Å². The van der Waals surface area contributed by atoms with Crippen LogP contribution < -0.4 is 11.1 Å². The number of imidazole rings is 1. The van der Waals surface area contributed by atoms with Crippen LogP contribution in [0.25, 0.3) is 11.2 Å². The van der Waals surface area contributed by atoms with E-state index in [-0.39, 0.29) is 33.4 Å². The Kier molecular flexibility index (Phi) is 12.6. The number of fused-ring (bicyclic) bond motifs is 1. The van der Waals surface area contributed by atoms with Gasteiger partial charge in [0.2, 0.25) is 0 Å². The monoisotopic (exact) mass is 777 g/mol. The van der Waals surface area contributed by atoms with Gasteiger partial charge in [-0.25, -0.2) is 15.0 Å². The second kappa shape index (κ2) is 16.3. The highest BCUT2D eigenvalue weighted by Gasteiger charge is 2.54. The van der Waals surface area contributed by atoms with Crippen LogP contribution in [0, 0.1) is 5.41 Å². The molecule has 0 unspecified atom stereocenters. The Bertz CT molecular complexity index is 1790. The topological polar surface area (TPSA) is 142 Å². The third kappa shape index (κ3) is 9.41. The lowest BCUT2D eigenvalue weighted by Crippen LogP contribution is -2.54. The van der Waals surface area contributed by atoms with E-state index in [9.17, 15) is 0 Å². The standard InChI is InChI=1S/C39H59N7O4SSi2/c1-38(2,3)52(8,9)49-32-29(23-47-7)48-36(33(32)50-53(10,11)39(4,5)6)46-25-43-31-34(44-30(45-35(31)46)24-51-37(40)41)42-22-28(26-18-14-12-15-19-26)27-20-16-13-17-21-27/h12-21,25,28-29,32-33,36H,22-24H2,1-11H3,(H3,40,41)(H,42,44,45)/t29-,32-,33-,36-/m1/s1. The van der Waals surface area contributed by atoms with Gasteiger partial charge < -0.3 is 29.4 Å². The molecule has 1 saturated heterocycles. The quantitative estimate of drug-likeness (QED) is 0.0648. The highest BCUT2D eigenvalue weighted by molar-refractivity contribution is 8.13. The minimum Gasteiger partial charge on any atom is -0.408 e. The second-order valence-corrected chi connectivity index (χ2v) is 27.5. The van der Waals surface area contributed by atoms with Gasteiger partial charge >= 0.3 is 0 Å². The van der Waals surface area contributed by atoms with Crippen LogP contribution in [0.3, 0.4) is 0 Å². The second-order valence-electron chi connectivity index (χ2n) is 16.9. The van der Waals surface area contributed by atoms with Gasteiger partial charge in [0, 0.05) is 19.6 Å². The number of nitrogens with zero attached hydrogens (tertiary/aromatic N) is 4. The average molecular weight is 778 g/mol. The normalized spacial score (nSPS) is 20.0. The first-order chi connectivity index (χ1) is 24.8. The molecule has 0 radical (unpaired) electrons. The maximum Gasteiger partial charge on any atom is 0.192 e. The first kappa shape index (κ1) is 41.1. The van der Waals surface area contributed by atoms with E-state index in [1.54, 1.807) is 13.4 Å². The fourth-order valence-corrected chi connectivity index (χ4v) is 9.03. The summed E-state index contributed by atoms with van der Waals surface area (Å²) >= 11 is 1.18. The molecule has 1 aliphatic heterocycles. The zero-order valence-electron chi connectivity index (χ0n) is 33.3. The molecule has 14 heteroatoms. The fourth-order valence-electron chi connectivity index (χ4n) is 6.01. The SMILES string of the molecule is COC[C@H]1O[C@@H](n2cnc3c(NCC(c4ccccc4)c4ccccc4)nc(CSC(=N)N)nc32)[C@H](O[Si](C)(C)C(C)(C)C)[C@@H]1O[Si](C)(C)C(C)(C)C. The van der Waals surface area contributed by atoms with E-state index in [0.717, 1.165) is 0 Å². The maximum atomic E-state index is 7.89. The maximum absolute atomic E-state index is 7.89. The molecule has 0 spiro atoms. The molecule has 3 heterocycles. The van der Waals surface area contributed by atoms with E-state index in [0.29, 0.717) is 41.7 Å². The summed E-state index contributed by atoms with van der Waals surface area (Å²) in [5.74, 6) is 1.51. The van der Waals surface area contributed by atoms with Crippen LogP contribution >= 0.6 is 11.8 Å². The average Bonchev–Trinajstić information content (AvgIpc) is 3.64. The van der Waals surface area contributed by atoms with Crippen LogP contribution in [-0.2, 0) is 24.1 Å². The molecule has 11 nitrogen and oxygen atoms in total. The van der Waals surface area contributed by atoms with E-state index in [2.05, 4.69) is 122 Å². The molecule has 2 aromatic heterocycles. The van der Waals surface area contributed by atoms with Gasteiger partial charge in [-0.05, 0) is 47.4 Å². The summed E-state index contributed by atoms with van der Waals surface area (Å²) in [5, 5.41) is 11.5. The van der Waals surface area contributed by atoms with Crippen molar-refractivity contribution in [3.63, 3.8) is 0 Å². The first-order valence-corrected chi connectivity index (χ1v) is 25.2. The molecule has 53 heavy (non-hydrogen) atoms. The molecule has 0 amide bonds. The number of nitrogens with one attached hydrogen (secondary N) is 2. The number of hydrogen-bond acceptors (Lipinski definition) is 10. The van der Waals surface area contributed by atoms with Crippen molar-refractivity contribution in [3.8, 4) is 0 Å². The molecular formula is C39H59N7O4SSi2. The molecule has 1 fully saturated rings. The molecule has 5 rings (SSSR count).